The number of rotatable bonds is 6. The lowest BCUT2D eigenvalue weighted by molar-refractivity contribution is -0.131. The van der Waals surface area contributed by atoms with Crippen LogP contribution in [0.5, 0.6) is 11.5 Å². The summed E-state index contributed by atoms with van der Waals surface area (Å²) in [5, 5.41) is 0. The minimum atomic E-state index is 0.0924. The number of terminal acetylenes is 1. The summed E-state index contributed by atoms with van der Waals surface area (Å²) >= 11 is 1.73. The molecular weight excluding hydrogens is 406 g/mol. The number of benzene rings is 2. The van der Waals surface area contributed by atoms with Crippen molar-refractivity contribution in [1.82, 2.24) is 4.90 Å². The zero-order chi connectivity index (χ0) is 21.6. The molecule has 0 spiro atoms. The second kappa shape index (κ2) is 9.72. The van der Waals surface area contributed by atoms with E-state index in [0.717, 1.165) is 21.6 Å². The van der Waals surface area contributed by atoms with Crippen LogP contribution in [0.25, 0.3) is 10.4 Å². The maximum atomic E-state index is 13.0. The molecule has 158 valence electrons. The van der Waals surface area contributed by atoms with Gasteiger partial charge < -0.3 is 14.4 Å². The van der Waals surface area contributed by atoms with Crippen LogP contribution >= 0.6 is 11.3 Å². The predicted molar refractivity (Wildman–Crippen MR) is 124 cm³/mol. The van der Waals surface area contributed by atoms with Gasteiger partial charge in [0.25, 0.3) is 0 Å². The summed E-state index contributed by atoms with van der Waals surface area (Å²) in [5.41, 5.74) is 3.03. The molecule has 0 atom stereocenters. The van der Waals surface area contributed by atoms with Crippen LogP contribution in [-0.4, -0.2) is 30.6 Å². The molecule has 0 unspecified atom stereocenters. The van der Waals surface area contributed by atoms with Gasteiger partial charge in [0.15, 0.2) is 11.5 Å². The summed E-state index contributed by atoms with van der Waals surface area (Å²) in [6.07, 6.45) is 6.30. The highest BCUT2D eigenvalue weighted by atomic mass is 32.1. The van der Waals surface area contributed by atoms with Crippen molar-refractivity contribution in [3.05, 3.63) is 70.6 Å². The number of aryl methyl sites for hydroxylation is 1. The Hall–Kier alpha value is -3.23. The van der Waals surface area contributed by atoms with Crippen LogP contribution in [0.15, 0.2) is 54.6 Å². The van der Waals surface area contributed by atoms with E-state index in [-0.39, 0.29) is 5.91 Å². The van der Waals surface area contributed by atoms with E-state index >= 15 is 0 Å². The Bertz CT molecular complexity index is 1100. The van der Waals surface area contributed by atoms with Crippen LogP contribution in [-0.2, 0) is 17.8 Å². The van der Waals surface area contributed by atoms with Gasteiger partial charge in [-0.15, -0.1) is 23.7 Å². The summed E-state index contributed by atoms with van der Waals surface area (Å²) < 4.78 is 12.1. The second-order valence-electron chi connectivity index (χ2n) is 7.50. The highest BCUT2D eigenvalue weighted by molar-refractivity contribution is 7.15. The normalized spacial score (nSPS) is 13.0. The molecule has 5 heteroatoms. The number of carbonyl (C=O) groups is 1. The van der Waals surface area contributed by atoms with Gasteiger partial charge in [-0.25, -0.2) is 0 Å². The Morgan fingerprint density at radius 3 is 2.81 bits per heavy atom. The average molecular weight is 432 g/mol. The van der Waals surface area contributed by atoms with Crippen LogP contribution in [0.3, 0.4) is 0 Å². The van der Waals surface area contributed by atoms with Crippen LogP contribution in [0.4, 0.5) is 0 Å². The van der Waals surface area contributed by atoms with Crippen molar-refractivity contribution >= 4 is 17.2 Å². The van der Waals surface area contributed by atoms with Crippen molar-refractivity contribution in [2.45, 2.75) is 26.3 Å². The first kappa shape index (κ1) is 21.0. The number of nitrogens with zero attached hydrogens (tertiary/aromatic N) is 1. The van der Waals surface area contributed by atoms with Gasteiger partial charge in [0.2, 0.25) is 5.91 Å². The fourth-order valence-electron chi connectivity index (χ4n) is 3.64. The number of hydrogen-bond donors (Lipinski definition) is 0. The van der Waals surface area contributed by atoms with E-state index in [0.29, 0.717) is 50.6 Å². The van der Waals surface area contributed by atoms with E-state index in [1.54, 1.807) is 11.3 Å². The molecule has 0 bridgehead atoms. The van der Waals surface area contributed by atoms with Gasteiger partial charge in [-0.2, -0.15) is 0 Å². The van der Waals surface area contributed by atoms with Crippen molar-refractivity contribution in [1.29, 1.82) is 0 Å². The number of fused-ring (bicyclic) bond motifs is 1. The van der Waals surface area contributed by atoms with Gasteiger partial charge in [-0.05, 0) is 42.3 Å². The summed E-state index contributed by atoms with van der Waals surface area (Å²) in [4.78, 5) is 17.3. The van der Waals surface area contributed by atoms with Gasteiger partial charge in [0, 0.05) is 28.3 Å². The standard InChI is InChI=1S/C26H25NO3S/c1-3-4-13-29-23-17-21(24-11-10-19(2)31-24)16-22-18-27(12-14-30-26(22)23)25(28)15-20-8-6-5-7-9-20/h1,5-11,16-17H,4,12-15,18H2,2H3. The molecule has 31 heavy (non-hydrogen) atoms. The second-order valence-corrected chi connectivity index (χ2v) is 8.79. The van der Waals surface area contributed by atoms with Crippen LogP contribution in [0, 0.1) is 19.3 Å². The van der Waals surface area contributed by atoms with E-state index in [9.17, 15) is 4.79 Å². The highest BCUT2D eigenvalue weighted by Crippen LogP contribution is 2.40. The first-order valence-electron chi connectivity index (χ1n) is 10.4. The molecule has 0 saturated carbocycles. The molecule has 4 nitrogen and oxygen atoms in total. The fourth-order valence-corrected chi connectivity index (χ4v) is 4.49. The number of thiophene rings is 1. The van der Waals surface area contributed by atoms with Crippen molar-refractivity contribution in [3.63, 3.8) is 0 Å². The molecule has 1 amide bonds. The van der Waals surface area contributed by atoms with Crippen molar-refractivity contribution in [2.75, 3.05) is 19.8 Å². The third-order valence-corrected chi connectivity index (χ3v) is 6.23. The molecule has 1 aromatic heterocycles. The molecule has 0 saturated heterocycles. The Morgan fingerprint density at radius 1 is 1.23 bits per heavy atom. The lowest BCUT2D eigenvalue weighted by atomic mass is 10.1. The number of carbonyl (C=O) groups excluding carboxylic acids is 1. The van der Waals surface area contributed by atoms with E-state index in [4.69, 9.17) is 15.9 Å². The zero-order valence-corrected chi connectivity index (χ0v) is 18.4. The third-order valence-electron chi connectivity index (χ3n) is 5.18. The Labute approximate surface area is 187 Å². The van der Waals surface area contributed by atoms with Crippen molar-refractivity contribution < 1.29 is 14.3 Å². The Morgan fingerprint density at radius 2 is 2.06 bits per heavy atom. The average Bonchev–Trinajstić information content (AvgIpc) is 3.09. The molecule has 2 aromatic carbocycles. The quantitative estimate of drug-likeness (QED) is 0.403. The highest BCUT2D eigenvalue weighted by Gasteiger charge is 2.24. The first-order chi connectivity index (χ1) is 15.1. The lowest BCUT2D eigenvalue weighted by Crippen LogP contribution is -2.33. The topological polar surface area (TPSA) is 38.8 Å². The van der Waals surface area contributed by atoms with Crippen molar-refractivity contribution in [3.8, 4) is 34.3 Å². The molecule has 4 rings (SSSR count). The Kier molecular flexibility index (Phi) is 6.59. The van der Waals surface area contributed by atoms with Gasteiger partial charge in [-0.3, -0.25) is 4.79 Å². The molecule has 1 aliphatic rings. The third kappa shape index (κ3) is 5.10. The molecule has 0 aliphatic carbocycles. The molecule has 0 N–H and O–H groups in total. The van der Waals surface area contributed by atoms with Crippen LogP contribution < -0.4 is 9.47 Å². The van der Waals surface area contributed by atoms with Gasteiger partial charge in [0.1, 0.15) is 6.61 Å². The smallest absolute Gasteiger partial charge is 0.227 e. The van der Waals surface area contributed by atoms with Crippen LogP contribution in [0.2, 0.25) is 0 Å². The van der Waals surface area contributed by atoms with E-state index in [2.05, 4.69) is 31.0 Å². The molecule has 2 heterocycles. The zero-order valence-electron chi connectivity index (χ0n) is 17.6. The maximum Gasteiger partial charge on any atom is 0.227 e. The fraction of sp³-hybridized carbons (Fsp3) is 0.269. The summed E-state index contributed by atoms with van der Waals surface area (Å²) in [7, 11) is 0. The maximum absolute atomic E-state index is 13.0. The largest absolute Gasteiger partial charge is 0.489 e. The van der Waals surface area contributed by atoms with Gasteiger partial charge in [-0.1, -0.05) is 30.3 Å². The summed E-state index contributed by atoms with van der Waals surface area (Å²) in [6, 6.07) is 18.2. The first-order valence-corrected chi connectivity index (χ1v) is 11.2. The van der Waals surface area contributed by atoms with E-state index < -0.39 is 0 Å². The number of hydrogen-bond acceptors (Lipinski definition) is 4. The van der Waals surface area contributed by atoms with Crippen LogP contribution in [0.1, 0.15) is 22.4 Å². The predicted octanol–water partition coefficient (Wildman–Crippen LogP) is 5.09. The monoisotopic (exact) mass is 431 g/mol. The SMILES string of the molecule is C#CCCOc1cc(-c2ccc(C)s2)cc2c1OCCN(C(=O)Cc1ccccc1)C2. The lowest BCUT2D eigenvalue weighted by Gasteiger charge is -2.20. The molecule has 3 aromatic rings. The minimum Gasteiger partial charge on any atom is -0.489 e. The van der Waals surface area contributed by atoms with E-state index in [1.807, 2.05) is 41.3 Å². The molecule has 0 radical (unpaired) electrons. The van der Waals surface area contributed by atoms with Gasteiger partial charge in [0.05, 0.1) is 19.6 Å². The summed E-state index contributed by atoms with van der Waals surface area (Å²) in [5.74, 6) is 4.10. The Balaban J connectivity index is 1.64. The summed E-state index contributed by atoms with van der Waals surface area (Å²) in [6.45, 7) is 3.98. The molecular formula is C26H25NO3S. The number of amides is 1. The van der Waals surface area contributed by atoms with Gasteiger partial charge >= 0.3 is 0 Å². The van der Waals surface area contributed by atoms with Crippen molar-refractivity contribution in [2.24, 2.45) is 0 Å². The number of ether oxygens (including phenoxy) is 2. The molecule has 1 aliphatic heterocycles. The van der Waals surface area contributed by atoms with E-state index in [1.165, 1.54) is 4.88 Å². The molecule has 0 fully saturated rings. The minimum absolute atomic E-state index is 0.0924.